The zero-order chi connectivity index (χ0) is 13.1. The number of nitriles is 1. The summed E-state index contributed by atoms with van der Waals surface area (Å²) in [6.45, 7) is 3.83. The topological polar surface area (TPSA) is 74.7 Å². The number of nitrogens with one attached hydrogen (secondary N) is 1. The Morgan fingerprint density at radius 2 is 2.06 bits per heavy atom. The summed E-state index contributed by atoms with van der Waals surface area (Å²) >= 11 is 0. The van der Waals surface area contributed by atoms with E-state index in [0.717, 1.165) is 16.8 Å². The van der Waals surface area contributed by atoms with Gasteiger partial charge in [-0.15, -0.1) is 0 Å². The van der Waals surface area contributed by atoms with Gasteiger partial charge in [-0.3, -0.25) is 0 Å². The Morgan fingerprint density at radius 3 is 2.72 bits per heavy atom. The van der Waals surface area contributed by atoms with Gasteiger partial charge in [-0.25, -0.2) is 4.98 Å². The number of benzene rings is 1. The van der Waals surface area contributed by atoms with E-state index >= 15 is 0 Å². The Balaban J connectivity index is 2.37. The number of hydrogen-bond acceptors (Lipinski definition) is 4. The smallest absolute Gasteiger partial charge is 0.130 e. The summed E-state index contributed by atoms with van der Waals surface area (Å²) in [5, 5.41) is 12.3. The van der Waals surface area contributed by atoms with E-state index in [1.165, 1.54) is 0 Å². The second-order valence-electron chi connectivity index (χ2n) is 4.16. The highest BCUT2D eigenvalue weighted by molar-refractivity contribution is 5.67. The molecule has 0 aliphatic carbocycles. The molecule has 0 amide bonds. The highest BCUT2D eigenvalue weighted by atomic mass is 15.0. The Kier molecular flexibility index (Phi) is 3.16. The zero-order valence-electron chi connectivity index (χ0n) is 10.4. The molecule has 1 aromatic carbocycles. The van der Waals surface area contributed by atoms with E-state index < -0.39 is 0 Å². The highest BCUT2D eigenvalue weighted by Gasteiger charge is 2.06. The fourth-order valence-electron chi connectivity index (χ4n) is 1.69. The van der Waals surface area contributed by atoms with Crippen molar-refractivity contribution in [1.29, 1.82) is 5.26 Å². The lowest BCUT2D eigenvalue weighted by Gasteiger charge is -2.10. The minimum Gasteiger partial charge on any atom is -0.397 e. The average Bonchev–Trinajstić information content (AvgIpc) is 2.34. The van der Waals surface area contributed by atoms with Crippen molar-refractivity contribution in [2.24, 2.45) is 0 Å². The molecule has 90 valence electrons. The molecule has 0 spiro atoms. The van der Waals surface area contributed by atoms with Crippen molar-refractivity contribution < 1.29 is 0 Å². The van der Waals surface area contributed by atoms with E-state index in [0.29, 0.717) is 17.1 Å². The predicted octanol–water partition coefficient (Wildman–Crippen LogP) is 2.90. The summed E-state index contributed by atoms with van der Waals surface area (Å²) in [6, 6.07) is 9.73. The van der Waals surface area contributed by atoms with E-state index in [9.17, 15) is 0 Å². The van der Waals surface area contributed by atoms with Crippen LogP contribution in [-0.4, -0.2) is 4.98 Å². The minimum absolute atomic E-state index is 0.633. The van der Waals surface area contributed by atoms with Gasteiger partial charge in [0.2, 0.25) is 0 Å². The molecular formula is C14H14N4. The van der Waals surface area contributed by atoms with Gasteiger partial charge in [-0.1, -0.05) is 12.1 Å². The van der Waals surface area contributed by atoms with Crippen LogP contribution in [-0.2, 0) is 0 Å². The van der Waals surface area contributed by atoms with Crippen molar-refractivity contribution in [2.45, 2.75) is 13.8 Å². The largest absolute Gasteiger partial charge is 0.397 e. The molecule has 0 atom stereocenters. The van der Waals surface area contributed by atoms with Crippen LogP contribution in [0.4, 0.5) is 17.2 Å². The third-order valence-electron chi connectivity index (χ3n) is 2.80. The van der Waals surface area contributed by atoms with Crippen LogP contribution in [0.5, 0.6) is 0 Å². The predicted molar refractivity (Wildman–Crippen MR) is 72.6 cm³/mol. The monoisotopic (exact) mass is 238 g/mol. The summed E-state index contributed by atoms with van der Waals surface area (Å²) in [7, 11) is 0. The molecule has 0 aliphatic heterocycles. The van der Waals surface area contributed by atoms with E-state index in [4.69, 9.17) is 11.0 Å². The number of pyridine rings is 1. The first-order valence-corrected chi connectivity index (χ1v) is 5.60. The first kappa shape index (κ1) is 11.9. The first-order valence-electron chi connectivity index (χ1n) is 5.60. The van der Waals surface area contributed by atoms with Crippen LogP contribution in [0.3, 0.4) is 0 Å². The van der Waals surface area contributed by atoms with Gasteiger partial charge in [0.1, 0.15) is 11.9 Å². The number of aromatic nitrogens is 1. The number of nitrogens with two attached hydrogens (primary N) is 1. The maximum Gasteiger partial charge on any atom is 0.130 e. The van der Waals surface area contributed by atoms with Crippen molar-refractivity contribution in [3.8, 4) is 6.07 Å². The molecule has 0 unspecified atom stereocenters. The molecule has 0 aliphatic rings. The van der Waals surface area contributed by atoms with Crippen LogP contribution in [0.25, 0.3) is 0 Å². The second-order valence-corrected chi connectivity index (χ2v) is 4.16. The molecule has 1 aromatic heterocycles. The van der Waals surface area contributed by atoms with Crippen LogP contribution >= 0.6 is 0 Å². The van der Waals surface area contributed by atoms with Crippen molar-refractivity contribution in [3.63, 3.8) is 0 Å². The zero-order valence-corrected chi connectivity index (χ0v) is 10.4. The van der Waals surface area contributed by atoms with Gasteiger partial charge in [0.05, 0.1) is 23.1 Å². The Hall–Kier alpha value is -2.54. The maximum absolute atomic E-state index is 9.15. The van der Waals surface area contributed by atoms with Crippen LogP contribution in [0.2, 0.25) is 0 Å². The summed E-state index contributed by atoms with van der Waals surface area (Å²) < 4.78 is 0. The molecule has 4 nitrogen and oxygen atoms in total. The molecular weight excluding hydrogens is 224 g/mol. The fourth-order valence-corrected chi connectivity index (χ4v) is 1.69. The second kappa shape index (κ2) is 4.76. The molecule has 0 bridgehead atoms. The van der Waals surface area contributed by atoms with E-state index in [1.54, 1.807) is 6.20 Å². The lowest BCUT2D eigenvalue weighted by molar-refractivity contribution is 1.27. The van der Waals surface area contributed by atoms with E-state index in [1.807, 2.05) is 38.1 Å². The normalized spacial score (nSPS) is 9.83. The third kappa shape index (κ3) is 2.25. The molecule has 0 saturated carbocycles. The van der Waals surface area contributed by atoms with Gasteiger partial charge in [0.25, 0.3) is 0 Å². The van der Waals surface area contributed by atoms with Gasteiger partial charge in [0, 0.05) is 0 Å². The molecule has 18 heavy (non-hydrogen) atoms. The summed E-state index contributed by atoms with van der Waals surface area (Å²) in [6.07, 6.45) is 1.61. The van der Waals surface area contributed by atoms with Crippen LogP contribution in [0, 0.1) is 25.2 Å². The van der Waals surface area contributed by atoms with E-state index in [-0.39, 0.29) is 0 Å². The Labute approximate surface area is 106 Å². The molecule has 0 saturated heterocycles. The molecule has 3 N–H and O–H groups in total. The minimum atomic E-state index is 0.633. The van der Waals surface area contributed by atoms with Gasteiger partial charge in [-0.05, 0) is 37.1 Å². The molecule has 2 rings (SSSR count). The van der Waals surface area contributed by atoms with Crippen LogP contribution < -0.4 is 11.1 Å². The number of rotatable bonds is 2. The summed E-state index contributed by atoms with van der Waals surface area (Å²) in [5.74, 6) is 0.684. The lowest BCUT2D eigenvalue weighted by atomic mass is 10.1. The van der Waals surface area contributed by atoms with Crippen LogP contribution in [0.1, 0.15) is 16.7 Å². The quantitative estimate of drug-likeness (QED) is 0.843. The van der Waals surface area contributed by atoms with E-state index in [2.05, 4.69) is 16.4 Å². The van der Waals surface area contributed by atoms with Crippen molar-refractivity contribution in [1.82, 2.24) is 4.98 Å². The Morgan fingerprint density at radius 1 is 1.28 bits per heavy atom. The first-order chi connectivity index (χ1) is 8.61. The lowest BCUT2D eigenvalue weighted by Crippen LogP contribution is -1.99. The number of aryl methyl sites for hydroxylation is 2. The van der Waals surface area contributed by atoms with Gasteiger partial charge in [-0.2, -0.15) is 5.26 Å². The molecule has 4 heteroatoms. The summed E-state index contributed by atoms with van der Waals surface area (Å²) in [4.78, 5) is 4.19. The number of nitrogens with zero attached hydrogens (tertiary/aromatic N) is 2. The standard InChI is InChI=1S/C14H14N4/c1-9-4-3-5-13(11(9)7-15)18-14-6-10(2)12(16)8-17-14/h3-6,8H,16H2,1-2H3,(H,17,18). The molecule has 2 aromatic rings. The van der Waals surface area contributed by atoms with Crippen molar-refractivity contribution in [3.05, 3.63) is 47.2 Å². The fraction of sp³-hybridized carbons (Fsp3) is 0.143. The number of anilines is 3. The highest BCUT2D eigenvalue weighted by Crippen LogP contribution is 2.23. The number of hydrogen-bond donors (Lipinski definition) is 2. The van der Waals surface area contributed by atoms with Gasteiger partial charge >= 0.3 is 0 Å². The molecule has 0 radical (unpaired) electrons. The summed E-state index contributed by atoms with van der Waals surface area (Å²) in [5.41, 5.74) is 9.67. The van der Waals surface area contributed by atoms with Crippen molar-refractivity contribution >= 4 is 17.2 Å². The van der Waals surface area contributed by atoms with Crippen molar-refractivity contribution in [2.75, 3.05) is 11.1 Å². The number of nitrogen functional groups attached to an aromatic ring is 1. The van der Waals surface area contributed by atoms with Gasteiger partial charge in [0.15, 0.2) is 0 Å². The van der Waals surface area contributed by atoms with Gasteiger partial charge < -0.3 is 11.1 Å². The molecule has 1 heterocycles. The molecule has 0 fully saturated rings. The SMILES string of the molecule is Cc1cc(Nc2cccc(C)c2C#N)ncc1N. The van der Waals surface area contributed by atoms with Crippen LogP contribution in [0.15, 0.2) is 30.5 Å². The maximum atomic E-state index is 9.15. The Bertz CT molecular complexity index is 626. The third-order valence-corrected chi connectivity index (χ3v) is 2.80. The average molecular weight is 238 g/mol.